The summed E-state index contributed by atoms with van der Waals surface area (Å²) in [5, 5.41) is 4.17. The van der Waals surface area contributed by atoms with Crippen molar-refractivity contribution in [1.29, 1.82) is 0 Å². The van der Waals surface area contributed by atoms with Crippen molar-refractivity contribution in [3.8, 4) is 0 Å². The first-order chi connectivity index (χ1) is 14.0. The summed E-state index contributed by atoms with van der Waals surface area (Å²) < 4.78 is 36.4. The number of nitrogens with zero attached hydrogens (tertiary/aromatic N) is 5. The lowest BCUT2D eigenvalue weighted by Crippen LogP contribution is -2.43. The molecular weight excluding hydrogens is 380 g/mol. The van der Waals surface area contributed by atoms with Crippen LogP contribution in [-0.2, 0) is 4.74 Å². The van der Waals surface area contributed by atoms with Crippen LogP contribution in [-0.4, -0.2) is 50.1 Å². The van der Waals surface area contributed by atoms with E-state index in [2.05, 4.69) is 15.1 Å². The van der Waals surface area contributed by atoms with Crippen LogP contribution in [0, 0.1) is 18.6 Å². The largest absolute Gasteiger partial charge is 0.368 e. The van der Waals surface area contributed by atoms with Crippen LogP contribution in [0.5, 0.6) is 0 Å². The summed E-state index contributed by atoms with van der Waals surface area (Å²) in [6.45, 7) is 2.61. The van der Waals surface area contributed by atoms with Gasteiger partial charge in [0.2, 0.25) is 0 Å². The number of benzene rings is 1. The maximum absolute atomic E-state index is 14.6. The third-order valence-electron chi connectivity index (χ3n) is 5.45. The van der Waals surface area contributed by atoms with Crippen LogP contribution in [0.1, 0.15) is 52.2 Å². The number of ether oxygens (including phenoxy) is 1. The van der Waals surface area contributed by atoms with Gasteiger partial charge in [-0.1, -0.05) is 6.07 Å². The van der Waals surface area contributed by atoms with E-state index >= 15 is 0 Å². The number of hydrogen-bond donors (Lipinski definition) is 0. The Hall–Kier alpha value is -2.94. The second-order valence-corrected chi connectivity index (χ2v) is 7.51. The van der Waals surface area contributed by atoms with Crippen molar-refractivity contribution >= 4 is 11.7 Å². The van der Waals surface area contributed by atoms with Crippen molar-refractivity contribution in [2.75, 3.05) is 19.7 Å². The fourth-order valence-corrected chi connectivity index (χ4v) is 3.81. The summed E-state index contributed by atoms with van der Waals surface area (Å²) >= 11 is 0. The highest BCUT2D eigenvalue weighted by Crippen LogP contribution is 2.42. The molecule has 1 aromatic carbocycles. The smallest absolute Gasteiger partial charge is 0.257 e. The summed E-state index contributed by atoms with van der Waals surface area (Å²) in [6, 6.07) is 4.75. The number of fused-ring (bicyclic) bond motifs is 1. The van der Waals surface area contributed by atoms with Gasteiger partial charge in [-0.2, -0.15) is 14.6 Å². The van der Waals surface area contributed by atoms with Crippen LogP contribution in [0.3, 0.4) is 0 Å². The molecule has 0 spiro atoms. The molecule has 1 atom stereocenters. The third kappa shape index (κ3) is 3.15. The quantitative estimate of drug-likeness (QED) is 0.677. The molecule has 29 heavy (non-hydrogen) atoms. The topological polar surface area (TPSA) is 72.6 Å². The first kappa shape index (κ1) is 18.1. The summed E-state index contributed by atoms with van der Waals surface area (Å²) in [5.74, 6) is -2.01. The van der Waals surface area contributed by atoms with Crippen molar-refractivity contribution < 1.29 is 18.3 Å². The maximum Gasteiger partial charge on any atom is 0.257 e. The normalized spacial score (nSPS) is 19.7. The predicted octanol–water partition coefficient (Wildman–Crippen LogP) is 2.80. The first-order valence-electron chi connectivity index (χ1n) is 9.59. The average molecular weight is 399 g/mol. The Morgan fingerprint density at radius 1 is 1.24 bits per heavy atom. The van der Waals surface area contributed by atoms with E-state index in [9.17, 15) is 13.6 Å². The van der Waals surface area contributed by atoms with Crippen LogP contribution in [0.2, 0.25) is 0 Å². The zero-order valence-corrected chi connectivity index (χ0v) is 15.8. The minimum Gasteiger partial charge on any atom is -0.368 e. The second-order valence-electron chi connectivity index (χ2n) is 7.51. The highest BCUT2D eigenvalue weighted by atomic mass is 19.2. The molecule has 1 aliphatic heterocycles. The van der Waals surface area contributed by atoms with Gasteiger partial charge in [-0.15, -0.1) is 0 Å². The molecule has 5 rings (SSSR count). The van der Waals surface area contributed by atoms with E-state index in [0.29, 0.717) is 23.6 Å². The van der Waals surface area contributed by atoms with Crippen molar-refractivity contribution in [1.82, 2.24) is 24.5 Å². The molecule has 0 unspecified atom stereocenters. The number of morpholine rings is 1. The number of aromatic nitrogens is 4. The number of rotatable bonds is 3. The molecule has 3 heterocycles. The number of halogens is 2. The van der Waals surface area contributed by atoms with E-state index in [4.69, 9.17) is 4.74 Å². The first-order valence-corrected chi connectivity index (χ1v) is 9.59. The van der Waals surface area contributed by atoms with E-state index in [1.807, 2.05) is 13.0 Å². The van der Waals surface area contributed by atoms with E-state index in [1.165, 1.54) is 23.4 Å². The van der Waals surface area contributed by atoms with E-state index < -0.39 is 23.6 Å². The lowest BCUT2D eigenvalue weighted by molar-refractivity contribution is -0.0258. The Bertz CT molecular complexity index is 1110. The molecule has 7 nitrogen and oxygen atoms in total. The van der Waals surface area contributed by atoms with Crippen molar-refractivity contribution in [2.24, 2.45) is 0 Å². The van der Waals surface area contributed by atoms with Gasteiger partial charge in [0.1, 0.15) is 12.4 Å². The fourth-order valence-electron chi connectivity index (χ4n) is 3.81. The zero-order chi connectivity index (χ0) is 20.1. The summed E-state index contributed by atoms with van der Waals surface area (Å²) in [5.41, 5.74) is 1.57. The van der Waals surface area contributed by atoms with Gasteiger partial charge in [0, 0.05) is 12.2 Å². The van der Waals surface area contributed by atoms with Gasteiger partial charge in [-0.3, -0.25) is 4.79 Å². The molecule has 1 saturated carbocycles. The van der Waals surface area contributed by atoms with Gasteiger partial charge in [0.25, 0.3) is 11.7 Å². The van der Waals surface area contributed by atoms with E-state index in [0.717, 1.165) is 18.5 Å². The maximum atomic E-state index is 14.6. The predicted molar refractivity (Wildman–Crippen MR) is 98.4 cm³/mol. The zero-order valence-electron chi connectivity index (χ0n) is 15.8. The molecule has 0 N–H and O–H groups in total. The van der Waals surface area contributed by atoms with Crippen molar-refractivity contribution in [3.63, 3.8) is 0 Å². The molecule has 0 bridgehead atoms. The van der Waals surface area contributed by atoms with Gasteiger partial charge in [0.15, 0.2) is 11.6 Å². The van der Waals surface area contributed by atoms with Crippen LogP contribution in [0.25, 0.3) is 5.78 Å². The fraction of sp³-hybridized carbons (Fsp3) is 0.400. The van der Waals surface area contributed by atoms with Crippen LogP contribution in [0.15, 0.2) is 24.5 Å². The molecule has 2 fully saturated rings. The van der Waals surface area contributed by atoms with Gasteiger partial charge in [-0.05, 0) is 43.4 Å². The summed E-state index contributed by atoms with van der Waals surface area (Å²) in [7, 11) is 0. The van der Waals surface area contributed by atoms with Crippen LogP contribution in [0.4, 0.5) is 8.78 Å². The molecule has 1 saturated heterocycles. The standard InChI is InChI=1S/C20H19F2N5O2/c1-11-8-15(27-20(25-11)23-10-24-27)16-9-26(6-7-29-16)19(28)14-5-4-13(12-2-3-12)17(21)18(14)22/h4-5,8,10,12,16H,2-3,6-7,9H2,1H3/t16-/m0/s1. The molecule has 1 aliphatic carbocycles. The highest BCUT2D eigenvalue weighted by molar-refractivity contribution is 5.94. The van der Waals surface area contributed by atoms with Gasteiger partial charge < -0.3 is 9.64 Å². The van der Waals surface area contributed by atoms with Crippen LogP contribution >= 0.6 is 0 Å². The van der Waals surface area contributed by atoms with Crippen LogP contribution < -0.4 is 0 Å². The lowest BCUT2D eigenvalue weighted by atomic mass is 10.0. The minimum absolute atomic E-state index is 0.0708. The number of amides is 1. The summed E-state index contributed by atoms with van der Waals surface area (Å²) in [6.07, 6.45) is 2.64. The lowest BCUT2D eigenvalue weighted by Gasteiger charge is -2.33. The van der Waals surface area contributed by atoms with Gasteiger partial charge >= 0.3 is 0 Å². The Labute approximate surface area is 165 Å². The molecule has 9 heteroatoms. The summed E-state index contributed by atoms with van der Waals surface area (Å²) in [4.78, 5) is 22.8. The number of carbonyl (C=O) groups is 1. The molecule has 2 aromatic heterocycles. The third-order valence-corrected chi connectivity index (χ3v) is 5.45. The second kappa shape index (κ2) is 6.84. The number of carbonyl (C=O) groups excluding carboxylic acids is 1. The average Bonchev–Trinajstić information content (AvgIpc) is 3.46. The Morgan fingerprint density at radius 3 is 2.86 bits per heavy atom. The molecule has 3 aromatic rings. The molecule has 2 aliphatic rings. The molecular formula is C20H19F2N5O2. The molecule has 0 radical (unpaired) electrons. The highest BCUT2D eigenvalue weighted by Gasteiger charge is 2.33. The SMILES string of the molecule is Cc1cc([C@@H]2CN(C(=O)c3ccc(C4CC4)c(F)c3F)CCO2)n2ncnc2n1. The van der Waals surface area contributed by atoms with Crippen molar-refractivity contribution in [3.05, 3.63) is 58.7 Å². The van der Waals surface area contributed by atoms with Gasteiger partial charge in [-0.25, -0.2) is 13.8 Å². The Kier molecular flexibility index (Phi) is 4.27. The van der Waals surface area contributed by atoms with Crippen molar-refractivity contribution in [2.45, 2.75) is 31.8 Å². The molecule has 1 amide bonds. The minimum atomic E-state index is -1.07. The Morgan fingerprint density at radius 2 is 2.07 bits per heavy atom. The van der Waals surface area contributed by atoms with E-state index in [1.54, 1.807) is 4.52 Å². The number of aryl methyl sites for hydroxylation is 1. The Balaban J connectivity index is 1.43. The molecule has 150 valence electrons. The van der Waals surface area contributed by atoms with E-state index in [-0.39, 0.29) is 24.6 Å². The monoisotopic (exact) mass is 399 g/mol. The number of hydrogen-bond acceptors (Lipinski definition) is 5. The van der Waals surface area contributed by atoms with Gasteiger partial charge in [0.05, 0.1) is 24.4 Å².